The van der Waals surface area contributed by atoms with Crippen molar-refractivity contribution in [3.05, 3.63) is 71.5 Å². The minimum Gasteiger partial charge on any atom is -0.459 e. The van der Waals surface area contributed by atoms with Crippen LogP contribution < -0.4 is 5.32 Å². The highest BCUT2D eigenvalue weighted by Gasteiger charge is 2.15. The number of likely N-dealkylation sites (N-methyl/N-ethyl adjacent to an activating group) is 1. The van der Waals surface area contributed by atoms with Crippen molar-refractivity contribution >= 4 is 16.9 Å². The molecule has 1 N–H and O–H groups in total. The van der Waals surface area contributed by atoms with Gasteiger partial charge in [0.25, 0.3) is 0 Å². The quantitative estimate of drug-likeness (QED) is 0.738. The summed E-state index contributed by atoms with van der Waals surface area (Å²) < 4.78 is 5.81. The van der Waals surface area contributed by atoms with Crippen molar-refractivity contribution in [2.75, 3.05) is 13.6 Å². The van der Waals surface area contributed by atoms with Crippen LogP contribution in [-0.4, -0.2) is 24.4 Å². The number of aryl methyl sites for hydroxylation is 1. The minimum atomic E-state index is -0.160. The lowest BCUT2D eigenvalue weighted by Crippen LogP contribution is -2.36. The number of hydrogen-bond donors (Lipinski definition) is 1. The zero-order valence-corrected chi connectivity index (χ0v) is 15.0. The molecule has 25 heavy (non-hydrogen) atoms. The third-order valence-corrected chi connectivity index (χ3v) is 4.24. The van der Waals surface area contributed by atoms with Crippen LogP contribution in [0.4, 0.5) is 0 Å². The van der Waals surface area contributed by atoms with E-state index in [0.29, 0.717) is 6.54 Å². The van der Waals surface area contributed by atoms with E-state index in [2.05, 4.69) is 36.5 Å². The number of furan rings is 1. The van der Waals surface area contributed by atoms with Crippen LogP contribution in [0.1, 0.15) is 29.9 Å². The van der Waals surface area contributed by atoms with Gasteiger partial charge in [0.2, 0.25) is 5.91 Å². The molecule has 1 amide bonds. The van der Waals surface area contributed by atoms with Crippen LogP contribution in [0, 0.1) is 6.92 Å². The molecule has 0 unspecified atom stereocenters. The molecular weight excluding hydrogens is 312 g/mol. The molecule has 0 spiro atoms. The van der Waals surface area contributed by atoms with Crippen LogP contribution >= 0.6 is 0 Å². The number of para-hydroxylation sites is 1. The molecule has 0 aliphatic rings. The molecule has 3 rings (SSSR count). The fourth-order valence-corrected chi connectivity index (χ4v) is 2.88. The van der Waals surface area contributed by atoms with Crippen molar-refractivity contribution in [1.82, 2.24) is 10.2 Å². The summed E-state index contributed by atoms with van der Waals surface area (Å²) in [4.78, 5) is 14.3. The first-order chi connectivity index (χ1) is 12.0. The van der Waals surface area contributed by atoms with Crippen LogP contribution in [0.15, 0.2) is 59.0 Å². The van der Waals surface area contributed by atoms with E-state index in [1.54, 1.807) is 0 Å². The Balaban J connectivity index is 1.55. The average Bonchev–Trinajstić information content (AvgIpc) is 3.01. The van der Waals surface area contributed by atoms with Gasteiger partial charge in [0.1, 0.15) is 11.3 Å². The highest BCUT2D eigenvalue weighted by Crippen LogP contribution is 2.23. The summed E-state index contributed by atoms with van der Waals surface area (Å²) in [5.41, 5.74) is 3.28. The topological polar surface area (TPSA) is 45.5 Å². The van der Waals surface area contributed by atoms with E-state index >= 15 is 0 Å². The Hall–Kier alpha value is -2.59. The Morgan fingerprint density at radius 3 is 2.60 bits per heavy atom. The van der Waals surface area contributed by atoms with Gasteiger partial charge in [0, 0.05) is 11.9 Å². The number of benzene rings is 2. The molecule has 1 aromatic heterocycles. The number of amides is 1. The van der Waals surface area contributed by atoms with Crippen molar-refractivity contribution in [3.8, 4) is 0 Å². The molecule has 2 aromatic carbocycles. The van der Waals surface area contributed by atoms with Crippen LogP contribution in [0.5, 0.6) is 0 Å². The number of rotatable bonds is 6. The maximum absolute atomic E-state index is 12.3. The first-order valence-electron chi connectivity index (χ1n) is 8.53. The number of carbonyl (C=O) groups excluding carboxylic acids is 1. The summed E-state index contributed by atoms with van der Waals surface area (Å²) in [6, 6.07) is 18.1. The standard InChI is InChI=1S/C21H24N2O2/c1-15-8-10-17(11-9-15)13-23(3)14-21(24)22-16(2)20-12-18-6-4-5-7-19(18)25-20/h4-12,16H,13-14H2,1-3H3,(H,22,24)/t16-/m1/s1. The lowest BCUT2D eigenvalue weighted by molar-refractivity contribution is -0.122. The second-order valence-electron chi connectivity index (χ2n) is 6.63. The van der Waals surface area contributed by atoms with Gasteiger partial charge < -0.3 is 9.73 Å². The summed E-state index contributed by atoms with van der Waals surface area (Å²) in [7, 11) is 1.95. The Morgan fingerprint density at radius 2 is 1.88 bits per heavy atom. The molecule has 0 saturated heterocycles. The van der Waals surface area contributed by atoms with E-state index in [9.17, 15) is 4.79 Å². The van der Waals surface area contributed by atoms with Crippen molar-refractivity contribution in [2.45, 2.75) is 26.4 Å². The van der Waals surface area contributed by atoms with E-state index in [1.807, 2.05) is 49.2 Å². The summed E-state index contributed by atoms with van der Waals surface area (Å²) >= 11 is 0. The lowest BCUT2D eigenvalue weighted by atomic mass is 10.1. The largest absolute Gasteiger partial charge is 0.459 e. The molecule has 0 saturated carbocycles. The molecule has 0 bridgehead atoms. The SMILES string of the molecule is Cc1ccc(CN(C)CC(=O)N[C@H](C)c2cc3ccccc3o2)cc1. The van der Waals surface area contributed by atoms with Crippen LogP contribution in [0.3, 0.4) is 0 Å². The van der Waals surface area contributed by atoms with Gasteiger partial charge in [0.05, 0.1) is 12.6 Å². The molecule has 3 aromatic rings. The summed E-state index contributed by atoms with van der Waals surface area (Å²) in [6.07, 6.45) is 0. The van der Waals surface area contributed by atoms with Gasteiger partial charge in [-0.25, -0.2) is 0 Å². The summed E-state index contributed by atoms with van der Waals surface area (Å²) in [5, 5.41) is 4.06. The predicted octanol–water partition coefficient (Wildman–Crippen LogP) is 4.05. The van der Waals surface area contributed by atoms with E-state index in [1.165, 1.54) is 11.1 Å². The third-order valence-electron chi connectivity index (χ3n) is 4.24. The molecule has 0 aliphatic heterocycles. The van der Waals surface area contributed by atoms with Crippen LogP contribution in [-0.2, 0) is 11.3 Å². The molecule has 0 fully saturated rings. The molecule has 4 heteroatoms. The number of nitrogens with one attached hydrogen (secondary N) is 1. The lowest BCUT2D eigenvalue weighted by Gasteiger charge is -2.18. The monoisotopic (exact) mass is 336 g/mol. The second-order valence-corrected chi connectivity index (χ2v) is 6.63. The molecular formula is C21H24N2O2. The Bertz CT molecular complexity index is 819. The third kappa shape index (κ3) is 4.48. The molecule has 130 valence electrons. The fourth-order valence-electron chi connectivity index (χ4n) is 2.88. The van der Waals surface area contributed by atoms with Crippen molar-refractivity contribution in [3.63, 3.8) is 0 Å². The highest BCUT2D eigenvalue weighted by atomic mass is 16.3. The molecule has 0 radical (unpaired) electrons. The van der Waals surface area contributed by atoms with Crippen LogP contribution in [0.2, 0.25) is 0 Å². The normalized spacial score (nSPS) is 12.5. The number of fused-ring (bicyclic) bond motifs is 1. The molecule has 4 nitrogen and oxygen atoms in total. The second kappa shape index (κ2) is 7.53. The van der Waals surface area contributed by atoms with Crippen LogP contribution in [0.25, 0.3) is 11.0 Å². The first-order valence-corrected chi connectivity index (χ1v) is 8.53. The van der Waals surface area contributed by atoms with Gasteiger partial charge in [-0.05, 0) is 38.6 Å². The van der Waals surface area contributed by atoms with Gasteiger partial charge in [-0.3, -0.25) is 9.69 Å². The summed E-state index contributed by atoms with van der Waals surface area (Å²) in [6.45, 7) is 5.10. The maximum atomic E-state index is 12.3. The van der Waals surface area contributed by atoms with E-state index in [0.717, 1.165) is 23.3 Å². The first kappa shape index (κ1) is 17.2. The van der Waals surface area contributed by atoms with E-state index in [-0.39, 0.29) is 11.9 Å². The van der Waals surface area contributed by atoms with Gasteiger partial charge in [-0.15, -0.1) is 0 Å². The number of hydrogen-bond acceptors (Lipinski definition) is 3. The maximum Gasteiger partial charge on any atom is 0.234 e. The summed E-state index contributed by atoms with van der Waals surface area (Å²) in [5.74, 6) is 0.762. The van der Waals surface area contributed by atoms with Gasteiger partial charge in [-0.1, -0.05) is 48.0 Å². The smallest absolute Gasteiger partial charge is 0.234 e. The molecule has 0 aliphatic carbocycles. The Kier molecular flexibility index (Phi) is 5.19. The number of nitrogens with zero attached hydrogens (tertiary/aromatic N) is 1. The Morgan fingerprint density at radius 1 is 1.16 bits per heavy atom. The van der Waals surface area contributed by atoms with Crippen molar-refractivity contribution in [2.24, 2.45) is 0 Å². The number of carbonyl (C=O) groups is 1. The van der Waals surface area contributed by atoms with Crippen molar-refractivity contribution in [1.29, 1.82) is 0 Å². The van der Waals surface area contributed by atoms with Crippen molar-refractivity contribution < 1.29 is 9.21 Å². The zero-order valence-electron chi connectivity index (χ0n) is 15.0. The zero-order chi connectivity index (χ0) is 17.8. The van der Waals surface area contributed by atoms with Gasteiger partial charge in [-0.2, -0.15) is 0 Å². The average molecular weight is 336 g/mol. The van der Waals surface area contributed by atoms with E-state index < -0.39 is 0 Å². The van der Waals surface area contributed by atoms with E-state index in [4.69, 9.17) is 4.42 Å². The fraction of sp³-hybridized carbons (Fsp3) is 0.286. The minimum absolute atomic E-state index is 0.0115. The highest BCUT2D eigenvalue weighted by molar-refractivity contribution is 5.80. The van der Waals surface area contributed by atoms with Gasteiger partial charge in [0.15, 0.2) is 0 Å². The Labute approximate surface area is 148 Å². The predicted molar refractivity (Wildman–Crippen MR) is 100 cm³/mol. The van der Waals surface area contributed by atoms with Gasteiger partial charge >= 0.3 is 0 Å². The molecule has 1 heterocycles. The molecule has 1 atom stereocenters.